The Morgan fingerprint density at radius 3 is 2.95 bits per heavy atom. The molecule has 1 fully saturated rings. The van der Waals surface area contributed by atoms with Gasteiger partial charge in [0.2, 0.25) is 0 Å². The molecule has 1 aromatic carbocycles. The number of nitrogens with zero attached hydrogens (tertiary/aromatic N) is 1. The zero-order valence-corrected chi connectivity index (χ0v) is 12.2. The quantitative estimate of drug-likeness (QED) is 0.900. The van der Waals surface area contributed by atoms with Gasteiger partial charge < -0.3 is 10.1 Å². The van der Waals surface area contributed by atoms with Gasteiger partial charge in [0, 0.05) is 41.1 Å². The second kappa shape index (κ2) is 5.81. The van der Waals surface area contributed by atoms with Crippen molar-refractivity contribution in [3.63, 3.8) is 0 Å². The average Bonchev–Trinajstić information content (AvgIpc) is 3.22. The van der Waals surface area contributed by atoms with Gasteiger partial charge in [-0.2, -0.15) is 0 Å². The van der Waals surface area contributed by atoms with Crippen LogP contribution in [-0.4, -0.2) is 11.0 Å². The van der Waals surface area contributed by atoms with E-state index in [2.05, 4.69) is 10.3 Å². The lowest BCUT2D eigenvalue weighted by Gasteiger charge is -2.12. The average molecular weight is 289 g/mol. The maximum atomic E-state index is 5.99. The topological polar surface area (TPSA) is 34.1 Å². The first-order chi connectivity index (χ1) is 9.70. The second-order valence-corrected chi connectivity index (χ2v) is 5.58. The highest BCUT2D eigenvalue weighted by Gasteiger charge is 2.20. The Labute approximate surface area is 123 Å². The van der Waals surface area contributed by atoms with E-state index in [1.807, 2.05) is 43.5 Å². The van der Waals surface area contributed by atoms with Crippen LogP contribution in [0.5, 0.6) is 11.5 Å². The van der Waals surface area contributed by atoms with Gasteiger partial charge in [0.15, 0.2) is 0 Å². The van der Waals surface area contributed by atoms with Crippen LogP contribution in [0.4, 0.5) is 0 Å². The summed E-state index contributed by atoms with van der Waals surface area (Å²) in [5.41, 5.74) is 2.01. The van der Waals surface area contributed by atoms with Gasteiger partial charge in [0.25, 0.3) is 0 Å². The molecule has 1 heterocycles. The number of rotatable bonds is 5. The summed E-state index contributed by atoms with van der Waals surface area (Å²) in [7, 11) is 0. The lowest BCUT2D eigenvalue weighted by Crippen LogP contribution is -2.16. The summed E-state index contributed by atoms with van der Waals surface area (Å²) in [6.07, 6.45) is 4.41. The summed E-state index contributed by atoms with van der Waals surface area (Å²) < 4.78 is 5.96. The number of hydrogen-bond acceptors (Lipinski definition) is 3. The Kier molecular flexibility index (Phi) is 3.90. The normalized spacial score (nSPS) is 14.3. The van der Waals surface area contributed by atoms with E-state index in [4.69, 9.17) is 16.3 Å². The molecule has 1 saturated carbocycles. The highest BCUT2D eigenvalue weighted by molar-refractivity contribution is 6.30. The zero-order valence-electron chi connectivity index (χ0n) is 11.4. The van der Waals surface area contributed by atoms with Crippen LogP contribution < -0.4 is 10.1 Å². The number of nitrogens with one attached hydrogen (secondary N) is 1. The van der Waals surface area contributed by atoms with Crippen LogP contribution >= 0.6 is 11.6 Å². The number of aromatic nitrogens is 1. The smallest absolute Gasteiger partial charge is 0.135 e. The van der Waals surface area contributed by atoms with Crippen molar-refractivity contribution in [2.24, 2.45) is 0 Å². The van der Waals surface area contributed by atoms with Crippen LogP contribution in [0.2, 0.25) is 5.02 Å². The summed E-state index contributed by atoms with van der Waals surface area (Å²) in [5.74, 6) is 1.59. The Hall–Kier alpha value is -1.58. The van der Waals surface area contributed by atoms with Gasteiger partial charge in [-0.15, -0.1) is 0 Å². The molecule has 2 aromatic rings. The van der Waals surface area contributed by atoms with E-state index in [0.29, 0.717) is 11.1 Å². The lowest BCUT2D eigenvalue weighted by molar-refractivity contribution is 0.471. The number of aryl methyl sites for hydroxylation is 1. The molecule has 1 N–H and O–H groups in total. The fraction of sp³-hybridized carbons (Fsp3) is 0.312. The highest BCUT2D eigenvalue weighted by atomic mass is 35.5. The minimum absolute atomic E-state index is 0.662. The number of benzene rings is 1. The molecule has 0 bridgehead atoms. The molecule has 20 heavy (non-hydrogen) atoms. The van der Waals surface area contributed by atoms with E-state index in [1.165, 1.54) is 12.8 Å². The third kappa shape index (κ3) is 3.50. The van der Waals surface area contributed by atoms with Crippen molar-refractivity contribution in [3.8, 4) is 11.5 Å². The maximum absolute atomic E-state index is 5.99. The van der Waals surface area contributed by atoms with Crippen molar-refractivity contribution in [2.45, 2.75) is 32.4 Å². The van der Waals surface area contributed by atoms with Crippen LogP contribution in [-0.2, 0) is 6.54 Å². The fourth-order valence-electron chi connectivity index (χ4n) is 1.99. The molecule has 4 heteroatoms. The number of ether oxygens (including phenoxy) is 1. The van der Waals surface area contributed by atoms with E-state index in [0.717, 1.165) is 29.3 Å². The van der Waals surface area contributed by atoms with Crippen LogP contribution in [0.25, 0.3) is 0 Å². The Balaban J connectivity index is 1.80. The summed E-state index contributed by atoms with van der Waals surface area (Å²) in [4.78, 5) is 4.35. The molecule has 0 radical (unpaired) electrons. The van der Waals surface area contributed by atoms with Crippen molar-refractivity contribution in [1.29, 1.82) is 0 Å². The summed E-state index contributed by atoms with van der Waals surface area (Å²) in [5, 5.41) is 4.16. The first kappa shape index (κ1) is 13.4. The van der Waals surface area contributed by atoms with Crippen LogP contribution in [0, 0.1) is 6.92 Å². The Morgan fingerprint density at radius 2 is 2.20 bits per heavy atom. The molecule has 104 valence electrons. The predicted octanol–water partition coefficient (Wildman–Crippen LogP) is 4.09. The van der Waals surface area contributed by atoms with E-state index < -0.39 is 0 Å². The molecule has 1 aliphatic carbocycles. The van der Waals surface area contributed by atoms with E-state index in [-0.39, 0.29) is 0 Å². The van der Waals surface area contributed by atoms with Crippen molar-refractivity contribution in [3.05, 3.63) is 52.8 Å². The third-order valence-corrected chi connectivity index (χ3v) is 3.50. The molecule has 3 rings (SSSR count). The first-order valence-corrected chi connectivity index (χ1v) is 7.21. The molecule has 0 spiro atoms. The SMILES string of the molecule is Cc1cc(Oc2cccc(Cl)c2)c(CNC2CC2)cn1. The van der Waals surface area contributed by atoms with Crippen LogP contribution in [0.3, 0.4) is 0 Å². The second-order valence-electron chi connectivity index (χ2n) is 5.15. The third-order valence-electron chi connectivity index (χ3n) is 3.26. The van der Waals surface area contributed by atoms with Gasteiger partial charge in [-0.05, 0) is 38.0 Å². The summed E-state index contributed by atoms with van der Waals surface area (Å²) in [6.45, 7) is 2.75. The van der Waals surface area contributed by atoms with Gasteiger partial charge in [0.1, 0.15) is 11.5 Å². The minimum Gasteiger partial charge on any atom is -0.457 e. The molecule has 0 aliphatic heterocycles. The van der Waals surface area contributed by atoms with E-state index in [1.54, 1.807) is 0 Å². The monoisotopic (exact) mass is 288 g/mol. The van der Waals surface area contributed by atoms with Gasteiger partial charge in [-0.3, -0.25) is 4.98 Å². The molecule has 0 amide bonds. The number of hydrogen-bond donors (Lipinski definition) is 1. The van der Waals surface area contributed by atoms with Crippen molar-refractivity contribution >= 4 is 11.6 Å². The molecular weight excluding hydrogens is 272 g/mol. The highest BCUT2D eigenvalue weighted by Crippen LogP contribution is 2.28. The van der Waals surface area contributed by atoms with Crippen LogP contribution in [0.1, 0.15) is 24.1 Å². The summed E-state index contributed by atoms with van der Waals surface area (Å²) >= 11 is 5.99. The summed E-state index contributed by atoms with van der Waals surface area (Å²) in [6, 6.07) is 10.1. The molecule has 1 aliphatic rings. The first-order valence-electron chi connectivity index (χ1n) is 6.83. The van der Waals surface area contributed by atoms with Crippen molar-refractivity contribution < 1.29 is 4.74 Å². The van der Waals surface area contributed by atoms with Gasteiger partial charge >= 0.3 is 0 Å². The van der Waals surface area contributed by atoms with Crippen molar-refractivity contribution in [2.75, 3.05) is 0 Å². The largest absolute Gasteiger partial charge is 0.457 e. The van der Waals surface area contributed by atoms with Crippen LogP contribution in [0.15, 0.2) is 36.5 Å². The number of halogens is 1. The molecule has 0 saturated heterocycles. The maximum Gasteiger partial charge on any atom is 0.135 e. The Bertz CT molecular complexity index is 611. The molecule has 3 nitrogen and oxygen atoms in total. The van der Waals surface area contributed by atoms with E-state index in [9.17, 15) is 0 Å². The zero-order chi connectivity index (χ0) is 13.9. The van der Waals surface area contributed by atoms with Gasteiger partial charge in [0.05, 0.1) is 0 Å². The van der Waals surface area contributed by atoms with Crippen molar-refractivity contribution in [1.82, 2.24) is 10.3 Å². The van der Waals surface area contributed by atoms with Gasteiger partial charge in [-0.1, -0.05) is 17.7 Å². The standard InChI is InChI=1S/C16H17ClN2O/c1-11-7-16(20-15-4-2-3-13(17)8-15)12(9-18-11)10-19-14-5-6-14/h2-4,7-9,14,19H,5-6,10H2,1H3. The number of pyridine rings is 1. The molecule has 0 unspecified atom stereocenters. The van der Waals surface area contributed by atoms with E-state index >= 15 is 0 Å². The lowest BCUT2D eigenvalue weighted by atomic mass is 10.2. The van der Waals surface area contributed by atoms with Gasteiger partial charge in [-0.25, -0.2) is 0 Å². The molecular formula is C16H17ClN2O. The predicted molar refractivity (Wildman–Crippen MR) is 80.4 cm³/mol. The minimum atomic E-state index is 0.662. The fourth-order valence-corrected chi connectivity index (χ4v) is 2.17. The molecule has 0 atom stereocenters. The molecule has 1 aromatic heterocycles. The Morgan fingerprint density at radius 1 is 1.35 bits per heavy atom.